The minimum atomic E-state index is 1.10. The van der Waals surface area contributed by atoms with Crippen molar-refractivity contribution < 1.29 is 10.6 Å². The molecule has 0 radical (unpaired) electrons. The van der Waals surface area contributed by atoms with Gasteiger partial charge >= 0.3 is 0 Å². The maximum Gasteiger partial charge on any atom is 0.0770 e. The summed E-state index contributed by atoms with van der Waals surface area (Å²) in [6.07, 6.45) is 4.06. The third-order valence-corrected chi connectivity index (χ3v) is 2.28. The zero-order valence-electron chi connectivity index (χ0n) is 8.16. The fourth-order valence-electron chi connectivity index (χ4n) is 1.33. The number of quaternary nitrogens is 2. The third kappa shape index (κ3) is 6.32. The second-order valence-corrected chi connectivity index (χ2v) is 3.12. The van der Waals surface area contributed by atoms with Gasteiger partial charge in [0.25, 0.3) is 0 Å². The highest BCUT2D eigenvalue weighted by molar-refractivity contribution is 4.37. The number of rotatable bonds is 7. The van der Waals surface area contributed by atoms with Crippen LogP contribution in [0.5, 0.6) is 0 Å². The lowest BCUT2D eigenvalue weighted by atomic mass is 10.2. The second-order valence-electron chi connectivity index (χ2n) is 3.12. The molecule has 0 aromatic carbocycles. The molecule has 0 aliphatic heterocycles. The average molecular weight is 160 g/mol. The van der Waals surface area contributed by atoms with Gasteiger partial charge < -0.3 is 10.6 Å². The van der Waals surface area contributed by atoms with Gasteiger partial charge in [0.2, 0.25) is 0 Å². The van der Waals surface area contributed by atoms with Gasteiger partial charge in [-0.05, 0) is 33.1 Å². The summed E-state index contributed by atoms with van der Waals surface area (Å²) >= 11 is 0. The van der Waals surface area contributed by atoms with Crippen molar-refractivity contribution in [2.75, 3.05) is 26.2 Å². The zero-order valence-corrected chi connectivity index (χ0v) is 8.16. The van der Waals surface area contributed by atoms with Gasteiger partial charge in [0.1, 0.15) is 0 Å². The molecule has 2 heteroatoms. The van der Waals surface area contributed by atoms with Crippen LogP contribution in [-0.4, -0.2) is 26.2 Å². The van der Waals surface area contributed by atoms with Crippen LogP contribution < -0.4 is 10.6 Å². The average Bonchev–Trinajstić information content (AvgIpc) is 2.05. The van der Waals surface area contributed by atoms with Crippen molar-refractivity contribution in [3.8, 4) is 0 Å². The van der Waals surface area contributed by atoms with Crippen molar-refractivity contribution in [3.63, 3.8) is 0 Å². The SMILES string of the molecule is CC[NH+](CC)CCCCC[NH3+]. The first-order valence-corrected chi connectivity index (χ1v) is 4.97. The normalized spacial score (nSPS) is 10.9. The number of unbranched alkanes of at least 4 members (excludes halogenated alkanes) is 2. The zero-order chi connectivity index (χ0) is 8.53. The standard InChI is InChI=1S/C9H22N2/c1-3-11(4-2)9-7-5-6-8-10/h3-10H2,1-2H3/p+2. The molecule has 0 saturated heterocycles. The van der Waals surface area contributed by atoms with E-state index in [2.05, 4.69) is 19.6 Å². The van der Waals surface area contributed by atoms with Gasteiger partial charge in [-0.15, -0.1) is 0 Å². The molecule has 0 aromatic rings. The Balaban J connectivity index is 3.07. The number of nitrogens with one attached hydrogen (secondary N) is 1. The molecule has 0 heterocycles. The maximum atomic E-state index is 3.84. The lowest BCUT2D eigenvalue weighted by Crippen LogP contribution is -3.11. The van der Waals surface area contributed by atoms with E-state index >= 15 is 0 Å². The summed E-state index contributed by atoms with van der Waals surface area (Å²) in [5.41, 5.74) is 3.84. The highest BCUT2D eigenvalue weighted by Crippen LogP contribution is 1.88. The summed E-state index contributed by atoms with van der Waals surface area (Å²) in [5, 5.41) is 0. The van der Waals surface area contributed by atoms with Gasteiger partial charge in [-0.2, -0.15) is 0 Å². The molecule has 0 spiro atoms. The van der Waals surface area contributed by atoms with Crippen LogP contribution in [0.25, 0.3) is 0 Å². The summed E-state index contributed by atoms with van der Waals surface area (Å²) in [6.45, 7) is 9.54. The quantitative estimate of drug-likeness (QED) is 0.463. The van der Waals surface area contributed by atoms with E-state index < -0.39 is 0 Å². The van der Waals surface area contributed by atoms with Crippen LogP contribution in [0, 0.1) is 0 Å². The predicted molar refractivity (Wildman–Crippen MR) is 48.5 cm³/mol. The van der Waals surface area contributed by atoms with Crippen LogP contribution in [0.1, 0.15) is 33.1 Å². The molecule has 4 N–H and O–H groups in total. The van der Waals surface area contributed by atoms with Crippen LogP contribution in [-0.2, 0) is 0 Å². The van der Waals surface area contributed by atoms with Crippen LogP contribution >= 0.6 is 0 Å². The molecule has 0 aromatic heterocycles. The summed E-state index contributed by atoms with van der Waals surface area (Å²) < 4.78 is 0. The minimum Gasteiger partial charge on any atom is -0.358 e. The van der Waals surface area contributed by atoms with E-state index in [-0.39, 0.29) is 0 Å². The third-order valence-electron chi connectivity index (χ3n) is 2.28. The lowest BCUT2D eigenvalue weighted by molar-refractivity contribution is -0.896. The largest absolute Gasteiger partial charge is 0.358 e. The van der Waals surface area contributed by atoms with E-state index in [0.717, 1.165) is 6.54 Å². The smallest absolute Gasteiger partial charge is 0.0770 e. The molecule has 68 valence electrons. The van der Waals surface area contributed by atoms with Crippen molar-refractivity contribution in [2.45, 2.75) is 33.1 Å². The Labute approximate surface area is 70.8 Å². The van der Waals surface area contributed by atoms with E-state index in [9.17, 15) is 0 Å². The first-order chi connectivity index (χ1) is 5.35. The van der Waals surface area contributed by atoms with Gasteiger partial charge in [-0.25, -0.2) is 0 Å². The van der Waals surface area contributed by atoms with E-state index in [1.165, 1.54) is 38.9 Å². The van der Waals surface area contributed by atoms with E-state index in [1.54, 1.807) is 4.90 Å². The molecule has 0 fully saturated rings. The molecule has 0 unspecified atom stereocenters. The van der Waals surface area contributed by atoms with Crippen LogP contribution in [0.2, 0.25) is 0 Å². The molecule has 0 aliphatic carbocycles. The highest BCUT2D eigenvalue weighted by Gasteiger charge is 2.00. The Morgan fingerprint density at radius 3 is 2.09 bits per heavy atom. The van der Waals surface area contributed by atoms with E-state index in [1.807, 2.05) is 0 Å². The van der Waals surface area contributed by atoms with E-state index in [0.29, 0.717) is 0 Å². The van der Waals surface area contributed by atoms with Crippen molar-refractivity contribution >= 4 is 0 Å². The van der Waals surface area contributed by atoms with Gasteiger partial charge in [-0.3, -0.25) is 0 Å². The molecule has 0 saturated carbocycles. The van der Waals surface area contributed by atoms with Gasteiger partial charge in [-0.1, -0.05) is 0 Å². The summed E-state index contributed by atoms with van der Waals surface area (Å²) in [7, 11) is 0. The molecule has 0 bridgehead atoms. The Hall–Kier alpha value is -0.0800. The molecule has 0 rings (SSSR count). The van der Waals surface area contributed by atoms with Crippen LogP contribution in [0.4, 0.5) is 0 Å². The van der Waals surface area contributed by atoms with Crippen molar-refractivity contribution in [1.29, 1.82) is 0 Å². The fourth-order valence-corrected chi connectivity index (χ4v) is 1.33. The molecule has 0 amide bonds. The summed E-state index contributed by atoms with van der Waals surface area (Å²) in [5.74, 6) is 0. The van der Waals surface area contributed by atoms with E-state index in [4.69, 9.17) is 0 Å². The topological polar surface area (TPSA) is 32.1 Å². The first-order valence-electron chi connectivity index (χ1n) is 4.97. The lowest BCUT2D eigenvalue weighted by Gasteiger charge is -2.14. The van der Waals surface area contributed by atoms with Gasteiger partial charge in [0, 0.05) is 0 Å². The minimum absolute atomic E-state index is 1.10. The molecule has 0 aliphatic rings. The Morgan fingerprint density at radius 2 is 1.64 bits per heavy atom. The van der Waals surface area contributed by atoms with Crippen LogP contribution in [0.15, 0.2) is 0 Å². The molecule has 2 nitrogen and oxygen atoms in total. The fraction of sp³-hybridized carbons (Fsp3) is 1.00. The Morgan fingerprint density at radius 1 is 1.00 bits per heavy atom. The Bertz CT molecular complexity index is 70.0. The number of hydrogen-bond acceptors (Lipinski definition) is 0. The highest BCUT2D eigenvalue weighted by atomic mass is 15.1. The second kappa shape index (κ2) is 8.02. The summed E-state index contributed by atoms with van der Waals surface area (Å²) in [6, 6.07) is 0. The van der Waals surface area contributed by atoms with Crippen LogP contribution in [0.3, 0.4) is 0 Å². The van der Waals surface area contributed by atoms with Crippen molar-refractivity contribution in [3.05, 3.63) is 0 Å². The summed E-state index contributed by atoms with van der Waals surface area (Å²) in [4.78, 5) is 1.73. The maximum absolute atomic E-state index is 3.84. The molecular formula is C9H24N2+2. The number of hydrogen-bond donors (Lipinski definition) is 2. The molecular weight excluding hydrogens is 136 g/mol. The first kappa shape index (κ1) is 10.9. The van der Waals surface area contributed by atoms with Gasteiger partial charge in [0.05, 0.1) is 26.2 Å². The van der Waals surface area contributed by atoms with Crippen molar-refractivity contribution in [2.24, 2.45) is 0 Å². The van der Waals surface area contributed by atoms with Crippen molar-refractivity contribution in [1.82, 2.24) is 0 Å². The predicted octanol–water partition coefficient (Wildman–Crippen LogP) is -0.677. The van der Waals surface area contributed by atoms with Gasteiger partial charge in [0.15, 0.2) is 0 Å². The Kier molecular flexibility index (Phi) is 7.96. The monoisotopic (exact) mass is 160 g/mol. The molecule has 11 heavy (non-hydrogen) atoms. The molecule has 0 atom stereocenters.